The van der Waals surface area contributed by atoms with Crippen molar-refractivity contribution < 1.29 is 14.5 Å². The molecule has 7 heteroatoms. The van der Waals surface area contributed by atoms with Crippen LogP contribution in [0.25, 0.3) is 0 Å². The van der Waals surface area contributed by atoms with Crippen LogP contribution >= 0.6 is 22.9 Å². The molecule has 5 nitrogen and oxygen atoms in total. The van der Waals surface area contributed by atoms with Crippen LogP contribution in [0.2, 0.25) is 5.02 Å². The molecule has 28 heavy (non-hydrogen) atoms. The van der Waals surface area contributed by atoms with E-state index in [1.165, 1.54) is 29.0 Å². The van der Waals surface area contributed by atoms with Crippen LogP contribution in [-0.4, -0.2) is 31.4 Å². The number of carbonyl (C=O) groups excluding carboxylic acids is 2. The molecule has 0 spiro atoms. The van der Waals surface area contributed by atoms with Crippen LogP contribution < -0.4 is 15.5 Å². The molecule has 1 aliphatic heterocycles. The second-order valence-corrected chi connectivity index (χ2v) is 9.10. The highest BCUT2D eigenvalue weighted by Crippen LogP contribution is 2.39. The maximum absolute atomic E-state index is 13.0. The number of thiophene rings is 1. The van der Waals surface area contributed by atoms with Crippen molar-refractivity contribution in [2.45, 2.75) is 38.5 Å². The van der Waals surface area contributed by atoms with Gasteiger partial charge in [-0.1, -0.05) is 11.6 Å². The van der Waals surface area contributed by atoms with Gasteiger partial charge in [-0.3, -0.25) is 9.59 Å². The van der Waals surface area contributed by atoms with E-state index in [-0.39, 0.29) is 11.8 Å². The summed E-state index contributed by atoms with van der Waals surface area (Å²) in [6.07, 6.45) is 6.57. The number of anilines is 2. The number of likely N-dealkylation sites (tertiary alicyclic amines) is 1. The van der Waals surface area contributed by atoms with E-state index in [2.05, 4.69) is 10.6 Å². The quantitative estimate of drug-likeness (QED) is 0.698. The minimum atomic E-state index is -0.164. The highest BCUT2D eigenvalue weighted by atomic mass is 35.5. The largest absolute Gasteiger partial charge is 0.327 e. The molecule has 0 bridgehead atoms. The Kier molecular flexibility index (Phi) is 5.99. The molecule has 1 aliphatic carbocycles. The van der Waals surface area contributed by atoms with Gasteiger partial charge in [-0.15, -0.1) is 11.3 Å². The lowest BCUT2D eigenvalue weighted by Crippen LogP contribution is -3.13. The first-order chi connectivity index (χ1) is 13.6. The Bertz CT molecular complexity index is 873. The maximum Gasteiger partial charge on any atom is 0.280 e. The third-order valence-electron chi connectivity index (χ3n) is 5.47. The third kappa shape index (κ3) is 4.40. The van der Waals surface area contributed by atoms with Gasteiger partial charge in [0.15, 0.2) is 6.54 Å². The Morgan fingerprint density at radius 2 is 1.75 bits per heavy atom. The van der Waals surface area contributed by atoms with Crippen molar-refractivity contribution >= 4 is 45.4 Å². The fourth-order valence-electron chi connectivity index (χ4n) is 4.09. The molecule has 0 radical (unpaired) electrons. The minimum Gasteiger partial charge on any atom is -0.327 e. The Morgan fingerprint density at radius 1 is 1.00 bits per heavy atom. The number of carbonyl (C=O) groups is 2. The van der Waals surface area contributed by atoms with Gasteiger partial charge in [-0.05, 0) is 68.4 Å². The number of rotatable bonds is 5. The van der Waals surface area contributed by atoms with Gasteiger partial charge in [0.05, 0.1) is 18.7 Å². The van der Waals surface area contributed by atoms with Gasteiger partial charge in [-0.2, -0.15) is 0 Å². The van der Waals surface area contributed by atoms with Gasteiger partial charge >= 0.3 is 0 Å². The van der Waals surface area contributed by atoms with Crippen LogP contribution in [0.3, 0.4) is 0 Å². The Hall–Kier alpha value is -1.89. The van der Waals surface area contributed by atoms with Crippen molar-refractivity contribution in [3.63, 3.8) is 0 Å². The summed E-state index contributed by atoms with van der Waals surface area (Å²) in [7, 11) is 0. The monoisotopic (exact) mass is 418 g/mol. The standard InChI is InChI=1S/C21H24ClN3O2S/c22-14-7-9-15(10-8-14)23-20(27)19-16-5-4-6-17(16)28-21(19)24-18(26)13-25-11-2-1-3-12-25/h7-10H,1-6,11-13H2,(H,23,27)(H,24,26)/p+1. The lowest BCUT2D eigenvalue weighted by atomic mass is 10.1. The van der Waals surface area contributed by atoms with Crippen molar-refractivity contribution in [3.05, 3.63) is 45.3 Å². The van der Waals surface area contributed by atoms with Gasteiger partial charge in [-0.25, -0.2) is 0 Å². The summed E-state index contributed by atoms with van der Waals surface area (Å²) in [4.78, 5) is 28.2. The molecule has 0 atom stereocenters. The molecule has 1 saturated heterocycles. The highest BCUT2D eigenvalue weighted by molar-refractivity contribution is 7.17. The summed E-state index contributed by atoms with van der Waals surface area (Å²) in [6, 6.07) is 7.06. The number of amides is 2. The van der Waals surface area contributed by atoms with Crippen molar-refractivity contribution in [2.24, 2.45) is 0 Å². The number of hydrogen-bond donors (Lipinski definition) is 3. The summed E-state index contributed by atoms with van der Waals surface area (Å²) in [5, 5.41) is 7.31. The zero-order valence-electron chi connectivity index (χ0n) is 15.8. The molecule has 3 N–H and O–H groups in total. The molecule has 2 amide bonds. The molecule has 1 aromatic heterocycles. The van der Waals surface area contributed by atoms with Crippen molar-refractivity contribution in [2.75, 3.05) is 30.3 Å². The minimum absolute atomic E-state index is 0.00244. The fourth-order valence-corrected chi connectivity index (χ4v) is 5.51. The zero-order valence-corrected chi connectivity index (χ0v) is 17.3. The van der Waals surface area contributed by atoms with Crippen LogP contribution in [0.5, 0.6) is 0 Å². The Labute approximate surface area is 174 Å². The molecule has 0 unspecified atom stereocenters. The van der Waals surface area contributed by atoms with Crippen molar-refractivity contribution in [1.29, 1.82) is 0 Å². The van der Waals surface area contributed by atoms with E-state index in [0.29, 0.717) is 27.8 Å². The molecule has 4 rings (SSSR count). The first kappa shape index (κ1) is 19.4. The molecule has 1 fully saturated rings. The lowest BCUT2D eigenvalue weighted by molar-refractivity contribution is -0.896. The average molecular weight is 419 g/mol. The summed E-state index contributed by atoms with van der Waals surface area (Å²) in [6.45, 7) is 2.58. The van der Waals surface area contributed by atoms with E-state index >= 15 is 0 Å². The normalized spacial score (nSPS) is 16.6. The molecule has 0 saturated carbocycles. The van der Waals surface area contributed by atoms with E-state index in [4.69, 9.17) is 11.6 Å². The summed E-state index contributed by atoms with van der Waals surface area (Å²) in [5.41, 5.74) is 2.42. The lowest BCUT2D eigenvalue weighted by Gasteiger charge is -2.22. The SMILES string of the molecule is O=C(C[NH+]1CCCCC1)Nc1sc2c(c1C(=O)Nc1ccc(Cl)cc1)CCC2. The smallest absolute Gasteiger partial charge is 0.280 e. The average Bonchev–Trinajstić information content (AvgIpc) is 3.25. The van der Waals surface area contributed by atoms with Gasteiger partial charge < -0.3 is 15.5 Å². The molecule has 148 valence electrons. The number of benzene rings is 1. The molecular formula is C21H25ClN3O2S+. The topological polar surface area (TPSA) is 62.6 Å². The van der Waals surface area contributed by atoms with E-state index in [1.807, 2.05) is 0 Å². The van der Waals surface area contributed by atoms with Gasteiger partial charge in [0.1, 0.15) is 5.00 Å². The number of piperidine rings is 1. The summed E-state index contributed by atoms with van der Waals surface area (Å²) >= 11 is 7.48. The second-order valence-electron chi connectivity index (χ2n) is 7.56. The molecule has 2 aromatic rings. The molecular weight excluding hydrogens is 394 g/mol. The first-order valence-electron chi connectivity index (χ1n) is 9.95. The number of aryl methyl sites for hydroxylation is 1. The third-order valence-corrected chi connectivity index (χ3v) is 6.93. The predicted octanol–water partition coefficient (Wildman–Crippen LogP) is 3.15. The second kappa shape index (κ2) is 8.64. The van der Waals surface area contributed by atoms with Crippen molar-refractivity contribution in [3.8, 4) is 0 Å². The number of halogens is 1. The molecule has 2 heterocycles. The zero-order chi connectivity index (χ0) is 19.5. The van der Waals surface area contributed by atoms with Gasteiger partial charge in [0.25, 0.3) is 11.8 Å². The van der Waals surface area contributed by atoms with E-state index < -0.39 is 0 Å². The van der Waals surface area contributed by atoms with E-state index in [0.717, 1.165) is 37.9 Å². The van der Waals surface area contributed by atoms with Crippen LogP contribution in [0.4, 0.5) is 10.7 Å². The predicted molar refractivity (Wildman–Crippen MR) is 114 cm³/mol. The number of fused-ring (bicyclic) bond motifs is 1. The van der Waals surface area contributed by atoms with Crippen molar-refractivity contribution in [1.82, 2.24) is 0 Å². The van der Waals surface area contributed by atoms with Crippen LogP contribution in [0, 0.1) is 0 Å². The Morgan fingerprint density at radius 3 is 2.50 bits per heavy atom. The summed E-state index contributed by atoms with van der Waals surface area (Å²) < 4.78 is 0. The summed E-state index contributed by atoms with van der Waals surface area (Å²) in [5.74, 6) is -0.167. The fraction of sp³-hybridized carbons (Fsp3) is 0.429. The number of hydrogen-bond acceptors (Lipinski definition) is 3. The van der Waals surface area contributed by atoms with E-state index in [1.54, 1.807) is 35.6 Å². The number of quaternary nitrogens is 1. The van der Waals surface area contributed by atoms with Crippen LogP contribution in [0.1, 0.15) is 46.5 Å². The highest BCUT2D eigenvalue weighted by Gasteiger charge is 2.28. The van der Waals surface area contributed by atoms with Crippen LogP contribution in [0.15, 0.2) is 24.3 Å². The van der Waals surface area contributed by atoms with Gasteiger partial charge in [0, 0.05) is 15.6 Å². The van der Waals surface area contributed by atoms with E-state index in [9.17, 15) is 9.59 Å². The number of nitrogens with one attached hydrogen (secondary N) is 3. The van der Waals surface area contributed by atoms with Gasteiger partial charge in [0.2, 0.25) is 0 Å². The first-order valence-corrected chi connectivity index (χ1v) is 11.1. The molecule has 1 aromatic carbocycles. The van der Waals surface area contributed by atoms with Crippen LogP contribution in [-0.2, 0) is 17.6 Å². The molecule has 2 aliphatic rings. The Balaban J connectivity index is 1.50. The maximum atomic E-state index is 13.0.